The molecule has 1 aromatic heterocycles. The lowest BCUT2D eigenvalue weighted by atomic mass is 9.78. The van der Waals surface area contributed by atoms with E-state index in [1.165, 1.54) is 19.2 Å². The summed E-state index contributed by atoms with van der Waals surface area (Å²) in [5.41, 5.74) is -1.18. The molecule has 2 heterocycles. The van der Waals surface area contributed by atoms with Crippen molar-refractivity contribution in [2.45, 2.75) is 44.7 Å². The van der Waals surface area contributed by atoms with E-state index in [-0.39, 0.29) is 5.69 Å². The van der Waals surface area contributed by atoms with Crippen LogP contribution in [0.15, 0.2) is 18.5 Å². The number of ether oxygens (including phenoxy) is 1. The highest BCUT2D eigenvalue weighted by Gasteiger charge is 2.49. The maximum Gasteiger partial charge on any atom is 0.293 e. The van der Waals surface area contributed by atoms with Crippen molar-refractivity contribution in [3.05, 3.63) is 34.1 Å². The van der Waals surface area contributed by atoms with Crippen LogP contribution < -0.4 is 0 Å². The number of aliphatic hydroxyl groups is 2. The lowest BCUT2D eigenvalue weighted by Crippen LogP contribution is -2.58. The van der Waals surface area contributed by atoms with Crippen LogP contribution in [0.3, 0.4) is 0 Å². The van der Waals surface area contributed by atoms with E-state index in [9.17, 15) is 20.3 Å². The zero-order valence-electron chi connectivity index (χ0n) is 11.6. The Morgan fingerprint density at radius 1 is 1.50 bits per heavy atom. The van der Waals surface area contributed by atoms with Gasteiger partial charge in [0.2, 0.25) is 0 Å². The molecule has 110 valence electrons. The molecule has 0 aliphatic carbocycles. The van der Waals surface area contributed by atoms with E-state index in [4.69, 9.17) is 4.74 Å². The summed E-state index contributed by atoms with van der Waals surface area (Å²) < 4.78 is 5.72. The third-order valence-electron chi connectivity index (χ3n) is 4.08. The average molecular weight is 282 g/mol. The van der Waals surface area contributed by atoms with Crippen LogP contribution >= 0.6 is 0 Å². The molecular formula is C13H18N2O5. The number of hydrogen-bond donors (Lipinski definition) is 2. The van der Waals surface area contributed by atoms with E-state index in [0.29, 0.717) is 5.56 Å². The Morgan fingerprint density at radius 3 is 2.75 bits per heavy atom. The summed E-state index contributed by atoms with van der Waals surface area (Å²) in [6.07, 6.45) is 0.261. The topological polar surface area (TPSA) is 106 Å². The molecule has 0 aromatic carbocycles. The van der Waals surface area contributed by atoms with Gasteiger partial charge in [0.05, 0.1) is 28.8 Å². The van der Waals surface area contributed by atoms with Gasteiger partial charge in [0, 0.05) is 12.1 Å². The van der Waals surface area contributed by atoms with Gasteiger partial charge in [-0.05, 0) is 19.9 Å². The summed E-state index contributed by atoms with van der Waals surface area (Å²) in [5.74, 6) is -0.484. The molecule has 1 aromatic rings. The van der Waals surface area contributed by atoms with E-state index in [0.717, 1.165) is 6.20 Å². The standard InChI is InChI=1S/C13H18N2O5/c1-7-11(20-8(2)13(3,17)12(7)16)9-4-5-14-6-10(9)15(18)19/h4-8,11-12,16-17H,1-3H3/t7-,8+,11+,12+,13+/m0/s1. The molecule has 1 saturated heterocycles. The number of nitrogens with zero attached hydrogens (tertiary/aromatic N) is 2. The van der Waals surface area contributed by atoms with Gasteiger partial charge in [-0.15, -0.1) is 0 Å². The summed E-state index contributed by atoms with van der Waals surface area (Å²) in [6, 6.07) is 1.51. The van der Waals surface area contributed by atoms with Crippen molar-refractivity contribution in [2.75, 3.05) is 0 Å². The minimum Gasteiger partial charge on any atom is -0.390 e. The van der Waals surface area contributed by atoms with Gasteiger partial charge in [0.1, 0.15) is 11.8 Å². The largest absolute Gasteiger partial charge is 0.390 e. The number of aliphatic hydroxyl groups excluding tert-OH is 1. The SMILES string of the molecule is C[C@@H]1[C@@H](O)[C@](C)(O)[C@@H](C)O[C@H]1c1ccncc1[N+](=O)[O-]. The molecule has 0 spiro atoms. The first-order chi connectivity index (χ1) is 9.26. The van der Waals surface area contributed by atoms with E-state index in [1.807, 2.05) is 0 Å². The summed E-state index contributed by atoms with van der Waals surface area (Å²) in [4.78, 5) is 14.3. The van der Waals surface area contributed by atoms with Gasteiger partial charge in [-0.3, -0.25) is 15.1 Å². The molecule has 1 aliphatic rings. The fraction of sp³-hybridized carbons (Fsp3) is 0.615. The zero-order chi connectivity index (χ0) is 15.1. The van der Waals surface area contributed by atoms with Crippen LogP contribution in [0.4, 0.5) is 5.69 Å². The second kappa shape index (κ2) is 5.08. The van der Waals surface area contributed by atoms with Crippen LogP contribution in [-0.2, 0) is 4.74 Å². The fourth-order valence-corrected chi connectivity index (χ4v) is 2.57. The molecule has 2 rings (SSSR count). The smallest absolute Gasteiger partial charge is 0.293 e. The molecule has 7 nitrogen and oxygen atoms in total. The average Bonchev–Trinajstić information content (AvgIpc) is 2.41. The maximum atomic E-state index is 11.1. The van der Waals surface area contributed by atoms with Crippen LogP contribution in [0.1, 0.15) is 32.4 Å². The number of rotatable bonds is 2. The Labute approximate surface area is 116 Å². The molecule has 0 radical (unpaired) electrons. The normalized spacial score (nSPS) is 37.6. The van der Waals surface area contributed by atoms with E-state index in [1.54, 1.807) is 13.8 Å². The van der Waals surface area contributed by atoms with E-state index >= 15 is 0 Å². The van der Waals surface area contributed by atoms with Crippen LogP contribution in [0, 0.1) is 16.0 Å². The minimum absolute atomic E-state index is 0.148. The molecule has 0 saturated carbocycles. The van der Waals surface area contributed by atoms with Gasteiger partial charge in [0.25, 0.3) is 5.69 Å². The van der Waals surface area contributed by atoms with Crippen LogP contribution in [0.2, 0.25) is 0 Å². The highest BCUT2D eigenvalue weighted by Crippen LogP contribution is 2.43. The summed E-state index contributed by atoms with van der Waals surface area (Å²) in [6.45, 7) is 4.82. The van der Waals surface area contributed by atoms with Crippen molar-refractivity contribution in [1.82, 2.24) is 4.98 Å². The summed E-state index contributed by atoms with van der Waals surface area (Å²) >= 11 is 0. The zero-order valence-corrected chi connectivity index (χ0v) is 11.6. The molecule has 7 heteroatoms. The van der Waals surface area contributed by atoms with Crippen molar-refractivity contribution in [1.29, 1.82) is 0 Å². The molecule has 0 bridgehead atoms. The van der Waals surface area contributed by atoms with Gasteiger partial charge >= 0.3 is 0 Å². The van der Waals surface area contributed by atoms with Gasteiger partial charge in [0.15, 0.2) is 0 Å². The lowest BCUT2D eigenvalue weighted by Gasteiger charge is -2.46. The Morgan fingerprint density at radius 2 is 2.15 bits per heavy atom. The van der Waals surface area contributed by atoms with E-state index in [2.05, 4.69) is 4.98 Å². The van der Waals surface area contributed by atoms with Crippen molar-refractivity contribution in [3.8, 4) is 0 Å². The molecule has 20 heavy (non-hydrogen) atoms. The fourth-order valence-electron chi connectivity index (χ4n) is 2.57. The highest BCUT2D eigenvalue weighted by atomic mass is 16.6. The Bertz CT molecular complexity index is 519. The van der Waals surface area contributed by atoms with Crippen LogP contribution in [-0.4, -0.2) is 37.9 Å². The predicted molar refractivity (Wildman–Crippen MR) is 70.0 cm³/mol. The summed E-state index contributed by atoms with van der Waals surface area (Å²) in [7, 11) is 0. The van der Waals surface area contributed by atoms with Gasteiger partial charge in [-0.2, -0.15) is 0 Å². The van der Waals surface area contributed by atoms with Crippen molar-refractivity contribution in [2.24, 2.45) is 5.92 Å². The molecule has 5 atom stereocenters. The minimum atomic E-state index is -1.39. The number of aromatic nitrogens is 1. The molecular weight excluding hydrogens is 264 g/mol. The number of nitro groups is 1. The van der Waals surface area contributed by atoms with E-state index < -0.39 is 34.8 Å². The van der Waals surface area contributed by atoms with Gasteiger partial charge < -0.3 is 14.9 Å². The first kappa shape index (κ1) is 14.8. The highest BCUT2D eigenvalue weighted by molar-refractivity contribution is 5.39. The van der Waals surface area contributed by atoms with Crippen molar-refractivity contribution < 1.29 is 19.9 Å². The second-order valence-electron chi connectivity index (χ2n) is 5.42. The third kappa shape index (κ3) is 2.28. The van der Waals surface area contributed by atoms with Crippen LogP contribution in [0.5, 0.6) is 0 Å². The Balaban J connectivity index is 2.42. The molecule has 1 aliphatic heterocycles. The predicted octanol–water partition coefficient (Wildman–Crippen LogP) is 1.20. The third-order valence-corrected chi connectivity index (χ3v) is 4.08. The van der Waals surface area contributed by atoms with Gasteiger partial charge in [-0.1, -0.05) is 6.92 Å². The Kier molecular flexibility index (Phi) is 3.77. The molecule has 0 unspecified atom stereocenters. The molecule has 2 N–H and O–H groups in total. The monoisotopic (exact) mass is 282 g/mol. The first-order valence-electron chi connectivity index (χ1n) is 6.41. The quantitative estimate of drug-likeness (QED) is 0.623. The summed E-state index contributed by atoms with van der Waals surface area (Å²) in [5, 5.41) is 31.5. The van der Waals surface area contributed by atoms with Crippen molar-refractivity contribution >= 4 is 5.69 Å². The van der Waals surface area contributed by atoms with Crippen LogP contribution in [0.25, 0.3) is 0 Å². The number of pyridine rings is 1. The van der Waals surface area contributed by atoms with Crippen molar-refractivity contribution in [3.63, 3.8) is 0 Å². The first-order valence-corrected chi connectivity index (χ1v) is 6.41. The Hall–Kier alpha value is -1.57. The number of hydrogen-bond acceptors (Lipinski definition) is 6. The maximum absolute atomic E-state index is 11.1. The second-order valence-corrected chi connectivity index (χ2v) is 5.42. The molecule has 0 amide bonds. The molecule has 1 fully saturated rings. The lowest BCUT2D eigenvalue weighted by molar-refractivity contribution is -0.387. The van der Waals surface area contributed by atoms with Gasteiger partial charge in [-0.25, -0.2) is 0 Å².